The van der Waals surface area contributed by atoms with Gasteiger partial charge in [-0.2, -0.15) is 0 Å². The zero-order valence-electron chi connectivity index (χ0n) is 10.1. The highest BCUT2D eigenvalue weighted by molar-refractivity contribution is 7.80. The summed E-state index contributed by atoms with van der Waals surface area (Å²) in [5, 5.41) is 2.51. The van der Waals surface area contributed by atoms with Gasteiger partial charge >= 0.3 is 0 Å². The molecule has 0 saturated heterocycles. The summed E-state index contributed by atoms with van der Waals surface area (Å²) in [7, 11) is 0. The highest BCUT2D eigenvalue weighted by Crippen LogP contribution is 2.14. The van der Waals surface area contributed by atoms with E-state index >= 15 is 0 Å². The molecule has 0 saturated carbocycles. The number of halogens is 1. The van der Waals surface area contributed by atoms with Gasteiger partial charge in [0.25, 0.3) is 5.91 Å². The van der Waals surface area contributed by atoms with Crippen LogP contribution in [-0.2, 0) is 4.79 Å². The van der Waals surface area contributed by atoms with Crippen LogP contribution in [0.2, 0.25) is 0 Å². The lowest BCUT2D eigenvalue weighted by molar-refractivity contribution is -0.120. The monoisotopic (exact) mass is 270 g/mol. The van der Waals surface area contributed by atoms with Crippen molar-refractivity contribution in [2.45, 2.75) is 24.8 Å². The first-order chi connectivity index (χ1) is 8.32. The van der Waals surface area contributed by atoms with Gasteiger partial charge in [-0.25, -0.2) is 4.39 Å². The largest absolute Gasteiger partial charge is 0.368 e. The van der Waals surface area contributed by atoms with Crippen LogP contribution in [-0.4, -0.2) is 17.9 Å². The summed E-state index contributed by atoms with van der Waals surface area (Å²) in [6.07, 6.45) is 0. The Labute approximate surface area is 110 Å². The van der Waals surface area contributed by atoms with E-state index in [4.69, 9.17) is 5.73 Å². The molecule has 18 heavy (non-hydrogen) atoms. The standard InChI is InChI=1S/C12H15FN2O2S/c1-6(2)10(11(14)16)15-12(17)7-3-4-8(13)9(18)5-7/h3-6,10,18H,1-2H3,(H2,14,16)(H,15,17). The Morgan fingerprint density at radius 2 is 2.00 bits per heavy atom. The van der Waals surface area contributed by atoms with Gasteiger partial charge in [-0.3, -0.25) is 9.59 Å². The van der Waals surface area contributed by atoms with Gasteiger partial charge in [0.1, 0.15) is 11.9 Å². The number of carbonyl (C=O) groups excluding carboxylic acids is 2. The number of hydrogen-bond donors (Lipinski definition) is 3. The van der Waals surface area contributed by atoms with Crippen molar-refractivity contribution in [3.05, 3.63) is 29.6 Å². The van der Waals surface area contributed by atoms with Gasteiger partial charge in [0, 0.05) is 10.5 Å². The van der Waals surface area contributed by atoms with Crippen molar-refractivity contribution in [2.24, 2.45) is 11.7 Å². The average molecular weight is 270 g/mol. The summed E-state index contributed by atoms with van der Waals surface area (Å²) in [5.41, 5.74) is 5.42. The second kappa shape index (κ2) is 5.86. The molecule has 1 unspecified atom stereocenters. The van der Waals surface area contributed by atoms with Crippen LogP contribution in [0.4, 0.5) is 4.39 Å². The first-order valence-corrected chi connectivity index (χ1v) is 5.86. The minimum atomic E-state index is -0.758. The zero-order valence-corrected chi connectivity index (χ0v) is 11.0. The van der Waals surface area contributed by atoms with E-state index < -0.39 is 23.7 Å². The van der Waals surface area contributed by atoms with Crippen molar-refractivity contribution < 1.29 is 14.0 Å². The summed E-state index contributed by atoms with van der Waals surface area (Å²) >= 11 is 3.89. The number of hydrogen-bond acceptors (Lipinski definition) is 3. The molecular weight excluding hydrogens is 255 g/mol. The average Bonchev–Trinajstić information content (AvgIpc) is 2.28. The molecule has 6 heteroatoms. The molecule has 2 amide bonds. The summed E-state index contributed by atoms with van der Waals surface area (Å²) in [5.74, 6) is -1.72. The molecule has 3 N–H and O–H groups in total. The third-order valence-corrected chi connectivity index (χ3v) is 2.81. The molecule has 98 valence electrons. The highest BCUT2D eigenvalue weighted by Gasteiger charge is 2.22. The Morgan fingerprint density at radius 1 is 1.39 bits per heavy atom. The predicted octanol–water partition coefficient (Wildman–Crippen LogP) is 1.35. The maximum absolute atomic E-state index is 13.0. The number of nitrogens with one attached hydrogen (secondary N) is 1. The van der Waals surface area contributed by atoms with Crippen molar-refractivity contribution in [1.29, 1.82) is 0 Å². The molecule has 0 bridgehead atoms. The van der Waals surface area contributed by atoms with E-state index in [9.17, 15) is 14.0 Å². The molecule has 0 aromatic heterocycles. The molecule has 0 aliphatic heterocycles. The summed E-state index contributed by atoms with van der Waals surface area (Å²) < 4.78 is 13.0. The van der Waals surface area contributed by atoms with E-state index in [1.165, 1.54) is 12.1 Å². The quantitative estimate of drug-likeness (QED) is 0.723. The Kier molecular flexibility index (Phi) is 4.72. The second-order valence-corrected chi connectivity index (χ2v) is 4.75. The van der Waals surface area contributed by atoms with Crippen molar-refractivity contribution in [1.82, 2.24) is 5.32 Å². The van der Waals surface area contributed by atoms with E-state index in [0.29, 0.717) is 0 Å². The van der Waals surface area contributed by atoms with Crippen molar-refractivity contribution in [3.8, 4) is 0 Å². The second-order valence-electron chi connectivity index (χ2n) is 4.26. The normalized spacial score (nSPS) is 12.3. The molecule has 1 atom stereocenters. The van der Waals surface area contributed by atoms with Gasteiger partial charge in [-0.05, 0) is 24.1 Å². The first kappa shape index (κ1) is 14.5. The molecule has 0 aliphatic rings. The third-order valence-electron chi connectivity index (χ3n) is 2.47. The lowest BCUT2D eigenvalue weighted by Gasteiger charge is -2.19. The summed E-state index contributed by atoms with van der Waals surface area (Å²) in [6.45, 7) is 3.54. The number of thiol groups is 1. The third kappa shape index (κ3) is 3.46. The van der Waals surface area contributed by atoms with Gasteiger partial charge in [0.15, 0.2) is 0 Å². The Bertz CT molecular complexity index is 477. The van der Waals surface area contributed by atoms with Crippen molar-refractivity contribution in [3.63, 3.8) is 0 Å². The number of rotatable bonds is 4. The minimum absolute atomic E-state index is 0.0721. The number of primary amides is 1. The molecule has 0 heterocycles. The van der Waals surface area contributed by atoms with Crippen LogP contribution in [0.1, 0.15) is 24.2 Å². The molecule has 1 rings (SSSR count). The molecule has 0 radical (unpaired) electrons. The van der Waals surface area contributed by atoms with Crippen LogP contribution in [0.15, 0.2) is 23.1 Å². The molecule has 4 nitrogen and oxygen atoms in total. The first-order valence-electron chi connectivity index (χ1n) is 5.41. The Hall–Kier alpha value is -1.56. The molecule has 1 aromatic carbocycles. The Balaban J connectivity index is 2.87. The summed E-state index contributed by atoms with van der Waals surface area (Å²) in [6, 6.07) is 3.01. The maximum Gasteiger partial charge on any atom is 0.251 e. The van der Waals surface area contributed by atoms with E-state index in [0.717, 1.165) is 6.07 Å². The molecule has 0 aliphatic carbocycles. The number of benzene rings is 1. The van der Waals surface area contributed by atoms with Gasteiger partial charge in [-0.15, -0.1) is 12.6 Å². The van der Waals surface area contributed by atoms with Gasteiger partial charge < -0.3 is 11.1 Å². The molecule has 0 fully saturated rings. The van der Waals surface area contributed by atoms with Crippen LogP contribution in [0.5, 0.6) is 0 Å². The van der Waals surface area contributed by atoms with E-state index in [1.807, 2.05) is 0 Å². The fourth-order valence-electron chi connectivity index (χ4n) is 1.44. The molecule has 1 aromatic rings. The van der Waals surface area contributed by atoms with Crippen molar-refractivity contribution in [2.75, 3.05) is 0 Å². The smallest absolute Gasteiger partial charge is 0.251 e. The molecule has 0 spiro atoms. The van der Waals surface area contributed by atoms with Crippen LogP contribution in [0.25, 0.3) is 0 Å². The van der Waals surface area contributed by atoms with Crippen LogP contribution >= 0.6 is 12.6 Å². The lowest BCUT2D eigenvalue weighted by atomic mass is 10.0. The van der Waals surface area contributed by atoms with E-state index in [1.54, 1.807) is 13.8 Å². The molecular formula is C12H15FN2O2S. The van der Waals surface area contributed by atoms with E-state index in [2.05, 4.69) is 17.9 Å². The fraction of sp³-hybridized carbons (Fsp3) is 0.333. The van der Waals surface area contributed by atoms with Gasteiger partial charge in [0.2, 0.25) is 5.91 Å². The van der Waals surface area contributed by atoms with Gasteiger partial charge in [0.05, 0.1) is 0 Å². The number of amides is 2. The highest BCUT2D eigenvalue weighted by atomic mass is 32.1. The number of nitrogens with two attached hydrogens (primary N) is 1. The minimum Gasteiger partial charge on any atom is -0.368 e. The topological polar surface area (TPSA) is 72.2 Å². The zero-order chi connectivity index (χ0) is 13.9. The van der Waals surface area contributed by atoms with Crippen molar-refractivity contribution >= 4 is 24.4 Å². The Morgan fingerprint density at radius 3 is 2.44 bits per heavy atom. The predicted molar refractivity (Wildman–Crippen MR) is 68.9 cm³/mol. The van der Waals surface area contributed by atoms with Crippen LogP contribution in [0.3, 0.4) is 0 Å². The fourth-order valence-corrected chi connectivity index (χ4v) is 1.66. The van der Waals surface area contributed by atoms with Crippen LogP contribution < -0.4 is 11.1 Å². The summed E-state index contributed by atoms with van der Waals surface area (Å²) in [4.78, 5) is 23.1. The maximum atomic E-state index is 13.0. The van der Waals surface area contributed by atoms with E-state index in [-0.39, 0.29) is 16.4 Å². The van der Waals surface area contributed by atoms with Crippen LogP contribution in [0, 0.1) is 11.7 Å². The SMILES string of the molecule is CC(C)C(NC(=O)c1ccc(F)c(S)c1)C(N)=O. The number of carbonyl (C=O) groups is 2. The van der Waals surface area contributed by atoms with Gasteiger partial charge in [-0.1, -0.05) is 13.8 Å². The lowest BCUT2D eigenvalue weighted by Crippen LogP contribution is -2.47.